The van der Waals surface area contributed by atoms with Gasteiger partial charge in [0.1, 0.15) is 17.7 Å². The van der Waals surface area contributed by atoms with Crippen molar-refractivity contribution in [3.05, 3.63) is 47.2 Å². The van der Waals surface area contributed by atoms with E-state index in [4.69, 9.17) is 5.26 Å². The maximum Gasteiger partial charge on any atom is 0.266 e. The molecular weight excluding hydrogens is 242 g/mol. The van der Waals surface area contributed by atoms with Crippen LogP contribution in [0, 0.1) is 28.6 Å². The van der Waals surface area contributed by atoms with Crippen molar-refractivity contribution >= 4 is 5.91 Å². The third kappa shape index (κ3) is 1.82. The van der Waals surface area contributed by atoms with Crippen LogP contribution < -0.4 is 5.32 Å². The fourth-order valence-corrected chi connectivity index (χ4v) is 2.23. The monoisotopic (exact) mass is 253 g/mol. The molecule has 1 amide bonds. The van der Waals surface area contributed by atoms with Crippen LogP contribution in [0.5, 0.6) is 0 Å². The molecule has 5 nitrogen and oxygen atoms in total. The highest BCUT2D eigenvalue weighted by Crippen LogP contribution is 2.37. The van der Waals surface area contributed by atoms with Gasteiger partial charge in [0.25, 0.3) is 5.91 Å². The van der Waals surface area contributed by atoms with Crippen molar-refractivity contribution in [3.8, 4) is 12.1 Å². The van der Waals surface area contributed by atoms with E-state index in [1.807, 2.05) is 12.1 Å². The first-order chi connectivity index (χ1) is 9.04. The minimum Gasteiger partial charge on any atom is -0.509 e. The molecule has 5 heteroatoms. The molecule has 0 fully saturated rings. The minimum atomic E-state index is -1.06. The van der Waals surface area contributed by atoms with Crippen molar-refractivity contribution in [2.45, 2.75) is 12.5 Å². The van der Waals surface area contributed by atoms with E-state index in [9.17, 15) is 15.2 Å². The largest absolute Gasteiger partial charge is 0.509 e. The Morgan fingerprint density at radius 1 is 1.32 bits per heavy atom. The van der Waals surface area contributed by atoms with Crippen LogP contribution in [0.4, 0.5) is 0 Å². The van der Waals surface area contributed by atoms with Crippen LogP contribution >= 0.6 is 0 Å². The second-order valence-electron chi connectivity index (χ2n) is 4.46. The molecule has 1 heterocycles. The Labute approximate surface area is 110 Å². The number of nitrogens with zero attached hydrogens (tertiary/aromatic N) is 2. The number of hydrogen-bond donors (Lipinski definition) is 2. The fourth-order valence-electron chi connectivity index (χ4n) is 2.23. The molecule has 1 aromatic rings. The average Bonchev–Trinajstić information content (AvgIpc) is 2.40. The van der Waals surface area contributed by atoms with Gasteiger partial charge in [-0.05, 0) is 12.5 Å². The molecule has 0 aliphatic carbocycles. The van der Waals surface area contributed by atoms with Crippen molar-refractivity contribution in [1.82, 2.24) is 5.32 Å². The Morgan fingerprint density at radius 3 is 2.47 bits per heavy atom. The van der Waals surface area contributed by atoms with Gasteiger partial charge in [0.15, 0.2) is 5.57 Å². The summed E-state index contributed by atoms with van der Waals surface area (Å²) in [7, 11) is 0. The SMILES string of the molecule is CC1(c2ccccc2)NC(=O)C(C#N)=C(O)C1C#N. The molecule has 2 rings (SSSR count). The third-order valence-corrected chi connectivity index (χ3v) is 3.32. The number of amides is 1. The maximum absolute atomic E-state index is 11.8. The first-order valence-corrected chi connectivity index (χ1v) is 5.65. The molecule has 94 valence electrons. The zero-order chi connectivity index (χ0) is 14.0. The first-order valence-electron chi connectivity index (χ1n) is 5.65. The minimum absolute atomic E-state index is 0.403. The van der Waals surface area contributed by atoms with Crippen LogP contribution in [0.2, 0.25) is 0 Å². The highest BCUT2D eigenvalue weighted by atomic mass is 16.3. The molecule has 0 spiro atoms. The average molecular weight is 253 g/mol. The van der Waals surface area contributed by atoms with E-state index >= 15 is 0 Å². The van der Waals surface area contributed by atoms with E-state index in [0.717, 1.165) is 0 Å². The van der Waals surface area contributed by atoms with Gasteiger partial charge in [0.2, 0.25) is 0 Å². The summed E-state index contributed by atoms with van der Waals surface area (Å²) in [6.45, 7) is 1.65. The molecule has 1 aromatic carbocycles. The number of aliphatic hydroxyl groups excluding tert-OH is 1. The normalized spacial score (nSPS) is 26.3. The van der Waals surface area contributed by atoms with Gasteiger partial charge in [-0.15, -0.1) is 0 Å². The van der Waals surface area contributed by atoms with Crippen molar-refractivity contribution in [1.29, 1.82) is 10.5 Å². The highest BCUT2D eigenvalue weighted by molar-refractivity contribution is 5.99. The van der Waals surface area contributed by atoms with Crippen LogP contribution in [0.3, 0.4) is 0 Å². The number of benzene rings is 1. The summed E-state index contributed by atoms with van der Waals surface area (Å²) in [5.74, 6) is -2.14. The van der Waals surface area contributed by atoms with Crippen LogP contribution in [-0.2, 0) is 10.3 Å². The number of hydrogen-bond acceptors (Lipinski definition) is 4. The summed E-state index contributed by atoms with van der Waals surface area (Å²) in [5.41, 5.74) is -0.768. The lowest BCUT2D eigenvalue weighted by Crippen LogP contribution is -2.53. The fraction of sp³-hybridized carbons (Fsp3) is 0.214. The van der Waals surface area contributed by atoms with E-state index in [2.05, 4.69) is 5.32 Å². The number of rotatable bonds is 1. The van der Waals surface area contributed by atoms with Gasteiger partial charge in [0.05, 0.1) is 11.6 Å². The molecule has 0 bridgehead atoms. The molecule has 19 heavy (non-hydrogen) atoms. The number of carbonyl (C=O) groups is 1. The lowest BCUT2D eigenvalue weighted by Gasteiger charge is -2.38. The molecule has 1 aliphatic rings. The van der Waals surface area contributed by atoms with E-state index in [-0.39, 0.29) is 0 Å². The Kier molecular flexibility index (Phi) is 2.98. The molecule has 0 aromatic heterocycles. The van der Waals surface area contributed by atoms with Crippen molar-refractivity contribution in [2.75, 3.05) is 0 Å². The number of nitrogens with one attached hydrogen (secondary N) is 1. The van der Waals surface area contributed by atoms with Crippen LogP contribution in [0.25, 0.3) is 0 Å². The molecule has 1 aliphatic heterocycles. The summed E-state index contributed by atoms with van der Waals surface area (Å²) >= 11 is 0. The smallest absolute Gasteiger partial charge is 0.266 e. The number of nitriles is 2. The summed E-state index contributed by atoms with van der Waals surface area (Å²) < 4.78 is 0. The zero-order valence-electron chi connectivity index (χ0n) is 10.2. The third-order valence-electron chi connectivity index (χ3n) is 3.32. The topological polar surface area (TPSA) is 96.9 Å². The molecule has 0 radical (unpaired) electrons. The van der Waals surface area contributed by atoms with E-state index < -0.39 is 28.7 Å². The Hall–Kier alpha value is -2.79. The molecule has 0 saturated heterocycles. The summed E-state index contributed by atoms with van der Waals surface area (Å²) in [5, 5.41) is 30.7. The number of aliphatic hydroxyl groups is 1. The quantitative estimate of drug-likeness (QED) is 0.792. The Morgan fingerprint density at radius 2 is 1.95 bits per heavy atom. The lowest BCUT2D eigenvalue weighted by molar-refractivity contribution is -0.120. The molecule has 0 saturated carbocycles. The predicted octanol–water partition coefficient (Wildman–Crippen LogP) is 1.51. The van der Waals surface area contributed by atoms with Crippen molar-refractivity contribution < 1.29 is 9.90 Å². The van der Waals surface area contributed by atoms with Crippen LogP contribution in [-0.4, -0.2) is 11.0 Å². The van der Waals surface area contributed by atoms with Gasteiger partial charge in [-0.25, -0.2) is 0 Å². The summed E-state index contributed by atoms with van der Waals surface area (Å²) in [6.07, 6.45) is 0. The van der Waals surface area contributed by atoms with E-state index in [1.165, 1.54) is 0 Å². The van der Waals surface area contributed by atoms with Crippen LogP contribution in [0.15, 0.2) is 41.7 Å². The first kappa shape index (κ1) is 12.7. The predicted molar refractivity (Wildman–Crippen MR) is 66.3 cm³/mol. The summed E-state index contributed by atoms with van der Waals surface area (Å²) in [4.78, 5) is 11.8. The van der Waals surface area contributed by atoms with Gasteiger partial charge < -0.3 is 10.4 Å². The summed E-state index contributed by atoms with van der Waals surface area (Å²) in [6, 6.07) is 12.5. The van der Waals surface area contributed by atoms with Gasteiger partial charge in [-0.1, -0.05) is 30.3 Å². The van der Waals surface area contributed by atoms with Gasteiger partial charge >= 0.3 is 0 Å². The van der Waals surface area contributed by atoms with Crippen molar-refractivity contribution in [2.24, 2.45) is 5.92 Å². The van der Waals surface area contributed by atoms with Gasteiger partial charge in [-0.3, -0.25) is 4.79 Å². The van der Waals surface area contributed by atoms with Crippen LogP contribution in [0.1, 0.15) is 12.5 Å². The standard InChI is InChI=1S/C14H11N3O2/c1-14(9-5-3-2-4-6-9)11(8-16)12(18)10(7-15)13(19)17-14/h2-6,11,18H,1H3,(H,17,19). The Bertz CT molecular complexity index is 637. The van der Waals surface area contributed by atoms with E-state index in [0.29, 0.717) is 5.56 Å². The van der Waals surface area contributed by atoms with Gasteiger partial charge in [-0.2, -0.15) is 10.5 Å². The molecule has 2 N–H and O–H groups in total. The molecule has 2 atom stereocenters. The van der Waals surface area contributed by atoms with Crippen molar-refractivity contribution in [3.63, 3.8) is 0 Å². The molecular formula is C14H11N3O2. The Balaban J connectivity index is 2.62. The van der Waals surface area contributed by atoms with E-state index in [1.54, 1.807) is 37.3 Å². The number of carbonyl (C=O) groups excluding carboxylic acids is 1. The van der Waals surface area contributed by atoms with Gasteiger partial charge in [0, 0.05) is 0 Å². The highest BCUT2D eigenvalue weighted by Gasteiger charge is 2.46. The lowest BCUT2D eigenvalue weighted by atomic mass is 9.75. The zero-order valence-corrected chi connectivity index (χ0v) is 10.2. The second kappa shape index (κ2) is 4.47. The maximum atomic E-state index is 11.8. The second-order valence-corrected chi connectivity index (χ2v) is 4.46. The molecule has 2 unspecified atom stereocenters.